The molecule has 0 saturated carbocycles. The first-order chi connectivity index (χ1) is 15.2. The zero-order valence-corrected chi connectivity index (χ0v) is 19.1. The maximum atomic E-state index is 10.1. The van der Waals surface area contributed by atoms with Crippen LogP contribution in [0, 0.1) is 0 Å². The maximum absolute atomic E-state index is 10.1. The van der Waals surface area contributed by atoms with E-state index in [0.29, 0.717) is 12.2 Å². The largest absolute Gasteiger partial charge is 0.508 e. The monoisotopic (exact) mass is 424 g/mol. The fourth-order valence-electron chi connectivity index (χ4n) is 3.73. The average Bonchev–Trinajstić information content (AvgIpc) is 2.76. The lowest BCUT2D eigenvalue weighted by molar-refractivity contribution is 0.0246. The van der Waals surface area contributed by atoms with E-state index in [4.69, 9.17) is 4.74 Å². The molecule has 0 aliphatic heterocycles. The highest BCUT2D eigenvalue weighted by Gasteiger charge is 2.02. The van der Waals surface area contributed by atoms with E-state index in [0.717, 1.165) is 12.0 Å². The van der Waals surface area contributed by atoms with Crippen molar-refractivity contribution in [2.45, 2.75) is 90.3 Å². The van der Waals surface area contributed by atoms with Crippen LogP contribution in [0.1, 0.15) is 82.3 Å². The summed E-state index contributed by atoms with van der Waals surface area (Å²) in [4.78, 5) is 0. The summed E-state index contributed by atoms with van der Waals surface area (Å²) in [6.45, 7) is 2.27. The van der Waals surface area contributed by atoms with E-state index >= 15 is 0 Å². The van der Waals surface area contributed by atoms with Crippen LogP contribution in [0.2, 0.25) is 0 Å². The van der Waals surface area contributed by atoms with Crippen LogP contribution in [0.15, 0.2) is 60.7 Å². The number of rotatable bonds is 16. The van der Waals surface area contributed by atoms with E-state index in [1.165, 1.54) is 69.8 Å². The molecule has 3 nitrogen and oxygen atoms in total. The van der Waals surface area contributed by atoms with Crippen molar-refractivity contribution in [2.24, 2.45) is 0 Å². The maximum Gasteiger partial charge on any atom is 0.217 e. The van der Waals surface area contributed by atoms with E-state index in [9.17, 15) is 10.2 Å². The van der Waals surface area contributed by atoms with E-state index in [2.05, 4.69) is 19.1 Å². The molecule has 0 aliphatic rings. The summed E-state index contributed by atoms with van der Waals surface area (Å²) in [5.74, 6) is 0.918. The summed E-state index contributed by atoms with van der Waals surface area (Å²) in [6.07, 6.45) is 17.8. The summed E-state index contributed by atoms with van der Waals surface area (Å²) in [6, 6.07) is 15.1. The van der Waals surface area contributed by atoms with Gasteiger partial charge in [0.1, 0.15) is 11.5 Å². The molecule has 0 aromatic heterocycles. The third kappa shape index (κ3) is 11.6. The summed E-state index contributed by atoms with van der Waals surface area (Å²) < 4.78 is 5.56. The van der Waals surface area contributed by atoms with Gasteiger partial charge in [-0.3, -0.25) is 0 Å². The van der Waals surface area contributed by atoms with Gasteiger partial charge in [-0.25, -0.2) is 0 Å². The molecule has 2 aromatic carbocycles. The van der Waals surface area contributed by atoms with Gasteiger partial charge >= 0.3 is 0 Å². The zero-order valence-electron chi connectivity index (χ0n) is 19.1. The number of hydrogen-bond donors (Lipinski definition) is 2. The number of aromatic hydroxyl groups is 1. The number of phenols is 1. The Labute approximate surface area is 188 Å². The van der Waals surface area contributed by atoms with Gasteiger partial charge in [0.2, 0.25) is 6.29 Å². The van der Waals surface area contributed by atoms with Crippen LogP contribution in [-0.4, -0.2) is 16.5 Å². The van der Waals surface area contributed by atoms with Gasteiger partial charge in [0.25, 0.3) is 0 Å². The number of hydrogen-bond acceptors (Lipinski definition) is 3. The highest BCUT2D eigenvalue weighted by molar-refractivity contribution is 5.29. The van der Waals surface area contributed by atoms with Crippen molar-refractivity contribution < 1.29 is 14.9 Å². The Bertz CT molecular complexity index is 736. The molecule has 1 unspecified atom stereocenters. The second-order valence-corrected chi connectivity index (χ2v) is 8.39. The van der Waals surface area contributed by atoms with Gasteiger partial charge in [0.05, 0.1) is 0 Å². The highest BCUT2D eigenvalue weighted by atomic mass is 16.6. The van der Waals surface area contributed by atoms with Gasteiger partial charge < -0.3 is 14.9 Å². The Morgan fingerprint density at radius 1 is 0.806 bits per heavy atom. The normalized spacial score (nSPS) is 12.3. The first-order valence-corrected chi connectivity index (χ1v) is 12.1. The third-order valence-electron chi connectivity index (χ3n) is 5.56. The van der Waals surface area contributed by atoms with Crippen LogP contribution in [0.4, 0.5) is 0 Å². The highest BCUT2D eigenvalue weighted by Crippen LogP contribution is 2.17. The second kappa shape index (κ2) is 15.5. The molecule has 0 saturated heterocycles. The number of ether oxygens (including phenoxy) is 1. The van der Waals surface area contributed by atoms with Crippen molar-refractivity contribution in [1.82, 2.24) is 0 Å². The Balaban J connectivity index is 1.57. The van der Waals surface area contributed by atoms with Crippen molar-refractivity contribution in [3.05, 3.63) is 71.8 Å². The molecule has 0 aliphatic carbocycles. The zero-order chi connectivity index (χ0) is 22.2. The second-order valence-electron chi connectivity index (χ2n) is 8.39. The molecule has 2 rings (SSSR count). The van der Waals surface area contributed by atoms with Gasteiger partial charge in [-0.05, 0) is 60.7 Å². The predicted octanol–water partition coefficient (Wildman–Crippen LogP) is 7.35. The number of aliphatic hydroxyl groups is 1. The predicted molar refractivity (Wildman–Crippen MR) is 130 cm³/mol. The van der Waals surface area contributed by atoms with E-state index < -0.39 is 6.29 Å². The SMILES string of the molecule is CCCCCCCCCCCCc1ccc(OC(O)C=CCc2cccc(O)c2)cc1. The molecule has 0 fully saturated rings. The Morgan fingerprint density at radius 2 is 1.45 bits per heavy atom. The number of unbranched alkanes of at least 4 members (excludes halogenated alkanes) is 9. The molecule has 170 valence electrons. The van der Waals surface area contributed by atoms with E-state index in [-0.39, 0.29) is 5.75 Å². The van der Waals surface area contributed by atoms with Crippen molar-refractivity contribution in [1.29, 1.82) is 0 Å². The molecule has 0 amide bonds. The molecule has 0 heterocycles. The summed E-state index contributed by atoms with van der Waals surface area (Å²) >= 11 is 0. The van der Waals surface area contributed by atoms with Crippen LogP contribution in [-0.2, 0) is 12.8 Å². The fraction of sp³-hybridized carbons (Fsp3) is 0.500. The van der Waals surface area contributed by atoms with Gasteiger partial charge in [-0.2, -0.15) is 0 Å². The van der Waals surface area contributed by atoms with Crippen LogP contribution in [0.5, 0.6) is 11.5 Å². The Hall–Kier alpha value is -2.26. The number of aliphatic hydroxyl groups excluding tert-OH is 1. The quantitative estimate of drug-likeness (QED) is 0.168. The molecule has 0 radical (unpaired) electrons. The lowest BCUT2D eigenvalue weighted by atomic mass is 10.0. The standard InChI is InChI=1S/C28H40O3/c1-2-3-4-5-6-7-8-9-10-11-14-24-19-21-27(22-20-24)31-28(30)18-13-16-25-15-12-17-26(29)23-25/h12-13,15,17-23,28-30H,2-11,14,16H2,1H3. The summed E-state index contributed by atoms with van der Waals surface area (Å²) in [7, 11) is 0. The molecule has 2 N–H and O–H groups in total. The molecule has 31 heavy (non-hydrogen) atoms. The molecule has 0 bridgehead atoms. The van der Waals surface area contributed by atoms with Crippen molar-refractivity contribution in [2.75, 3.05) is 0 Å². The lowest BCUT2D eigenvalue weighted by Gasteiger charge is -2.10. The van der Waals surface area contributed by atoms with Gasteiger partial charge in [0.15, 0.2) is 0 Å². The van der Waals surface area contributed by atoms with Crippen molar-refractivity contribution in [3.8, 4) is 11.5 Å². The molecule has 2 aromatic rings. The van der Waals surface area contributed by atoms with Gasteiger partial charge in [-0.1, -0.05) is 95.1 Å². The smallest absolute Gasteiger partial charge is 0.217 e. The van der Waals surface area contributed by atoms with E-state index in [1.807, 2.05) is 30.3 Å². The first kappa shape index (κ1) is 25.0. The van der Waals surface area contributed by atoms with Crippen LogP contribution in [0.25, 0.3) is 0 Å². The third-order valence-corrected chi connectivity index (χ3v) is 5.56. The minimum atomic E-state index is -0.981. The van der Waals surface area contributed by atoms with Crippen LogP contribution >= 0.6 is 0 Å². The first-order valence-electron chi connectivity index (χ1n) is 12.1. The van der Waals surface area contributed by atoms with Crippen molar-refractivity contribution >= 4 is 0 Å². The number of phenolic OH excluding ortho intramolecular Hbond substituents is 1. The Kier molecular flexibility index (Phi) is 12.5. The molecular weight excluding hydrogens is 384 g/mol. The van der Waals surface area contributed by atoms with Crippen LogP contribution < -0.4 is 4.74 Å². The van der Waals surface area contributed by atoms with Gasteiger partial charge in [-0.15, -0.1) is 0 Å². The minimum Gasteiger partial charge on any atom is -0.508 e. The molecular formula is C28H40O3. The number of benzene rings is 2. The number of aryl methyl sites for hydroxylation is 1. The lowest BCUT2D eigenvalue weighted by Crippen LogP contribution is -2.11. The molecule has 3 heteroatoms. The number of allylic oxidation sites excluding steroid dienone is 1. The minimum absolute atomic E-state index is 0.251. The summed E-state index contributed by atoms with van der Waals surface area (Å²) in [5.41, 5.74) is 2.31. The van der Waals surface area contributed by atoms with Crippen LogP contribution in [0.3, 0.4) is 0 Å². The Morgan fingerprint density at radius 3 is 2.10 bits per heavy atom. The molecule has 0 spiro atoms. The fourth-order valence-corrected chi connectivity index (χ4v) is 3.73. The van der Waals surface area contributed by atoms with Crippen molar-refractivity contribution in [3.63, 3.8) is 0 Å². The van der Waals surface area contributed by atoms with E-state index in [1.54, 1.807) is 18.2 Å². The van der Waals surface area contributed by atoms with Gasteiger partial charge in [0, 0.05) is 0 Å². The molecule has 1 atom stereocenters. The topological polar surface area (TPSA) is 49.7 Å². The average molecular weight is 425 g/mol. The summed E-state index contributed by atoms with van der Waals surface area (Å²) in [5, 5.41) is 19.5.